The Bertz CT molecular complexity index is 1970. The van der Waals surface area contributed by atoms with Crippen LogP contribution in [0.15, 0.2) is 27.4 Å². The molecule has 2 aromatic rings. The van der Waals surface area contributed by atoms with Gasteiger partial charge in [-0.05, 0) is 65.5 Å². The fourth-order valence-corrected chi connectivity index (χ4v) is 9.51. The minimum absolute atomic E-state index is 0.103. The van der Waals surface area contributed by atoms with E-state index in [4.69, 9.17) is 32.8 Å². The first kappa shape index (κ1) is 34.0. The zero-order chi connectivity index (χ0) is 36.7. The van der Waals surface area contributed by atoms with Gasteiger partial charge in [0.25, 0.3) is 0 Å². The zero-order valence-electron chi connectivity index (χ0n) is 30.4. The highest BCUT2D eigenvalue weighted by Crippen LogP contribution is 2.67. The van der Waals surface area contributed by atoms with Gasteiger partial charge in [0.15, 0.2) is 29.1 Å². The van der Waals surface area contributed by atoms with E-state index < -0.39 is 74.5 Å². The number of esters is 4. The van der Waals surface area contributed by atoms with Gasteiger partial charge in [-0.1, -0.05) is 27.7 Å². The second-order valence-electron chi connectivity index (χ2n) is 17.1. The van der Waals surface area contributed by atoms with Crippen LogP contribution in [-0.4, -0.2) is 73.1 Å². The highest BCUT2D eigenvalue weighted by Gasteiger charge is 2.78. The first-order valence-electron chi connectivity index (χ1n) is 17.8. The molecule has 1 aromatic carbocycles. The van der Waals surface area contributed by atoms with Crippen LogP contribution in [0.1, 0.15) is 92.7 Å². The van der Waals surface area contributed by atoms with Gasteiger partial charge < -0.3 is 37.7 Å². The Morgan fingerprint density at radius 3 is 1.80 bits per heavy atom. The molecule has 0 radical (unpaired) electrons. The van der Waals surface area contributed by atoms with Crippen LogP contribution >= 0.6 is 0 Å². The molecule has 4 aliphatic heterocycles. The van der Waals surface area contributed by atoms with Crippen molar-refractivity contribution < 1.29 is 52.0 Å². The van der Waals surface area contributed by atoms with Crippen molar-refractivity contribution in [2.75, 3.05) is 31.2 Å². The van der Waals surface area contributed by atoms with Gasteiger partial charge in [0.05, 0.1) is 35.0 Å². The Labute approximate surface area is 295 Å². The second kappa shape index (κ2) is 10.3. The average Bonchev–Trinajstić information content (AvgIpc) is 3.54. The quantitative estimate of drug-likeness (QED) is 0.316. The summed E-state index contributed by atoms with van der Waals surface area (Å²) in [6.45, 7) is 16.2. The molecule has 0 N–H and O–H groups in total. The van der Waals surface area contributed by atoms with Crippen LogP contribution in [0.5, 0.6) is 5.75 Å². The van der Waals surface area contributed by atoms with Crippen molar-refractivity contribution >= 4 is 40.7 Å². The van der Waals surface area contributed by atoms with Crippen molar-refractivity contribution in [3.63, 3.8) is 0 Å². The van der Waals surface area contributed by atoms with Crippen LogP contribution < -0.4 is 15.1 Å². The molecule has 5 fully saturated rings. The van der Waals surface area contributed by atoms with Crippen molar-refractivity contribution in [3.8, 4) is 5.75 Å². The van der Waals surface area contributed by atoms with Gasteiger partial charge >= 0.3 is 23.9 Å². The van der Waals surface area contributed by atoms with E-state index in [9.17, 15) is 24.0 Å². The number of rotatable bonds is 5. The summed E-state index contributed by atoms with van der Waals surface area (Å²) in [7, 11) is 0. The van der Waals surface area contributed by atoms with E-state index in [1.807, 2.05) is 32.6 Å². The standard InChI is InChI=1S/C38H45NO12/c1-32(2)27(48-31(44)38-14-12-36(8,29(42)51-38)34(38,5)6)26(47-30(43)37-13-11-35(7,28(41)50-37)33(37,3)4)24-22(49-32)10-9-20-21(40)19-23(46-25(20)24)39-15-17-45-18-16-39/h9-10,19,26-27H,11-18H2,1-8H3/t26-,27-,35+,36-,37?,38?/m1/s1. The van der Waals surface area contributed by atoms with Gasteiger partial charge in [0, 0.05) is 30.0 Å². The van der Waals surface area contributed by atoms with Gasteiger partial charge in [0.1, 0.15) is 11.4 Å². The maximum absolute atomic E-state index is 14.7. The highest BCUT2D eigenvalue weighted by molar-refractivity contribution is 5.95. The molecular formula is C38H45NO12. The summed E-state index contributed by atoms with van der Waals surface area (Å²) < 4.78 is 43.2. The molecule has 8 rings (SSSR count). The molecule has 5 heterocycles. The predicted molar refractivity (Wildman–Crippen MR) is 179 cm³/mol. The Morgan fingerprint density at radius 1 is 0.745 bits per heavy atom. The smallest absolute Gasteiger partial charge is 0.351 e. The van der Waals surface area contributed by atoms with E-state index in [2.05, 4.69) is 0 Å². The first-order chi connectivity index (χ1) is 23.8. The van der Waals surface area contributed by atoms with Crippen LogP contribution in [-0.2, 0) is 42.9 Å². The summed E-state index contributed by atoms with van der Waals surface area (Å²) in [5, 5.41) is 0.204. The van der Waals surface area contributed by atoms with Gasteiger partial charge in [-0.3, -0.25) is 14.4 Å². The lowest BCUT2D eigenvalue weighted by Gasteiger charge is -2.45. The van der Waals surface area contributed by atoms with Crippen LogP contribution in [0.3, 0.4) is 0 Å². The number of ether oxygens (including phenoxy) is 6. The lowest BCUT2D eigenvalue weighted by Crippen LogP contribution is -2.57. The number of benzene rings is 1. The van der Waals surface area contributed by atoms with E-state index in [1.54, 1.807) is 39.8 Å². The number of anilines is 1. The van der Waals surface area contributed by atoms with Crippen LogP contribution in [0.2, 0.25) is 0 Å². The summed E-state index contributed by atoms with van der Waals surface area (Å²) in [5.74, 6) is -1.99. The topological polar surface area (TPSA) is 157 Å². The van der Waals surface area contributed by atoms with Crippen LogP contribution in [0.4, 0.5) is 5.88 Å². The number of carbonyl (C=O) groups is 4. The molecule has 2 unspecified atom stereocenters. The monoisotopic (exact) mass is 707 g/mol. The van der Waals surface area contributed by atoms with Crippen molar-refractivity contribution in [1.82, 2.24) is 0 Å². The molecule has 13 heteroatoms. The van der Waals surface area contributed by atoms with E-state index in [1.165, 1.54) is 6.07 Å². The van der Waals surface area contributed by atoms with Crippen molar-refractivity contribution in [3.05, 3.63) is 34.0 Å². The number of hydrogen-bond acceptors (Lipinski definition) is 13. The Balaban J connectivity index is 1.28. The molecule has 51 heavy (non-hydrogen) atoms. The molecule has 2 saturated carbocycles. The maximum atomic E-state index is 14.7. The summed E-state index contributed by atoms with van der Waals surface area (Å²) in [5.41, 5.74) is -8.22. The van der Waals surface area contributed by atoms with Crippen molar-refractivity contribution in [2.24, 2.45) is 21.7 Å². The Morgan fingerprint density at radius 2 is 1.29 bits per heavy atom. The van der Waals surface area contributed by atoms with E-state index >= 15 is 0 Å². The molecule has 1 aromatic heterocycles. The molecule has 13 nitrogen and oxygen atoms in total. The van der Waals surface area contributed by atoms with E-state index in [-0.39, 0.29) is 40.6 Å². The molecule has 6 atom stereocenters. The summed E-state index contributed by atoms with van der Waals surface area (Å²) in [4.78, 5) is 71.1. The zero-order valence-corrected chi connectivity index (χ0v) is 30.4. The fraction of sp³-hybridized carbons (Fsp3) is 0.658. The highest BCUT2D eigenvalue weighted by atomic mass is 16.7. The third-order valence-corrected chi connectivity index (χ3v) is 14.1. The molecular weight excluding hydrogens is 662 g/mol. The number of hydrogen-bond donors (Lipinski definition) is 0. The minimum atomic E-state index is -1.62. The normalized spacial score (nSPS) is 36.7. The molecule has 274 valence electrons. The minimum Gasteiger partial charge on any atom is -0.483 e. The fourth-order valence-electron chi connectivity index (χ4n) is 9.51. The third-order valence-electron chi connectivity index (χ3n) is 14.1. The van der Waals surface area contributed by atoms with Crippen LogP contribution in [0, 0.1) is 21.7 Å². The van der Waals surface area contributed by atoms with Gasteiger partial charge in [-0.2, -0.15) is 0 Å². The number of fused-ring (bicyclic) bond motifs is 7. The van der Waals surface area contributed by atoms with E-state index in [0.29, 0.717) is 45.0 Å². The summed E-state index contributed by atoms with van der Waals surface area (Å²) in [6, 6.07) is 4.61. The molecule has 4 bridgehead atoms. The van der Waals surface area contributed by atoms with Gasteiger partial charge in [-0.15, -0.1) is 0 Å². The maximum Gasteiger partial charge on any atom is 0.351 e. The lowest BCUT2D eigenvalue weighted by atomic mass is 9.66. The number of morpholine rings is 1. The summed E-state index contributed by atoms with van der Waals surface area (Å²) in [6.07, 6.45) is -1.38. The molecule has 0 amide bonds. The van der Waals surface area contributed by atoms with Crippen LogP contribution in [0.25, 0.3) is 11.0 Å². The number of nitrogens with zero attached hydrogens (tertiary/aromatic N) is 1. The number of carbonyl (C=O) groups excluding carboxylic acids is 4. The average molecular weight is 708 g/mol. The largest absolute Gasteiger partial charge is 0.483 e. The Hall–Kier alpha value is -4.13. The molecule has 2 aliphatic carbocycles. The molecule has 0 spiro atoms. The predicted octanol–water partition coefficient (Wildman–Crippen LogP) is 4.54. The summed E-state index contributed by atoms with van der Waals surface area (Å²) >= 11 is 0. The van der Waals surface area contributed by atoms with Gasteiger partial charge in [-0.25, -0.2) is 9.59 Å². The van der Waals surface area contributed by atoms with Crippen molar-refractivity contribution in [1.29, 1.82) is 0 Å². The second-order valence-corrected chi connectivity index (χ2v) is 17.1. The van der Waals surface area contributed by atoms with Gasteiger partial charge in [0.2, 0.25) is 11.2 Å². The van der Waals surface area contributed by atoms with E-state index in [0.717, 1.165) is 0 Å². The lowest BCUT2D eigenvalue weighted by molar-refractivity contribution is -0.217. The molecule has 3 saturated heterocycles. The Kier molecular flexibility index (Phi) is 6.84. The third kappa shape index (κ3) is 4.04. The first-order valence-corrected chi connectivity index (χ1v) is 17.8. The molecule has 6 aliphatic rings. The van der Waals surface area contributed by atoms with Crippen molar-refractivity contribution in [2.45, 2.75) is 110 Å². The SMILES string of the molecule is CC1(C)Oc2ccc3c(=O)cc(N4CCOCC4)oc3c2[C@@H](OC(=O)C23CC[C@@](C)(C(=O)O2)C3(C)C)[C@H]1OC(=O)C12CC[C@](C)(C(=O)O1)C2(C)C.